The Hall–Kier alpha value is 0.230. The van der Waals surface area contributed by atoms with Gasteiger partial charge in [-0.3, -0.25) is 5.32 Å². The molecule has 3 fully saturated rings. The van der Waals surface area contributed by atoms with Gasteiger partial charge in [0.05, 0.1) is 25.2 Å². The highest BCUT2D eigenvalue weighted by Gasteiger charge is 2.47. The second kappa shape index (κ2) is 3.37. The fourth-order valence-electron chi connectivity index (χ4n) is 2.34. The third-order valence-electron chi connectivity index (χ3n) is 3.56. The molecule has 14 heavy (non-hydrogen) atoms. The average Bonchev–Trinajstić information content (AvgIpc) is 2.18. The van der Waals surface area contributed by atoms with Gasteiger partial charge in [0.1, 0.15) is 5.72 Å². The summed E-state index contributed by atoms with van der Waals surface area (Å²) in [6.07, 6.45) is 2.32. The van der Waals surface area contributed by atoms with Gasteiger partial charge in [-0.1, -0.05) is 0 Å². The number of thioether (sulfide) groups is 1. The maximum absolute atomic E-state index is 6.06. The van der Waals surface area contributed by atoms with Crippen LogP contribution in [-0.4, -0.2) is 43.6 Å². The summed E-state index contributed by atoms with van der Waals surface area (Å²) in [7, 11) is 0. The Balaban J connectivity index is 1.63. The minimum Gasteiger partial charge on any atom is -0.380 e. The van der Waals surface area contributed by atoms with Gasteiger partial charge in [-0.15, -0.1) is 0 Å². The van der Waals surface area contributed by atoms with Gasteiger partial charge >= 0.3 is 0 Å². The average molecular weight is 215 g/mol. The number of ether oxygens (including phenoxy) is 2. The van der Waals surface area contributed by atoms with E-state index in [9.17, 15) is 0 Å². The van der Waals surface area contributed by atoms with Gasteiger partial charge in [-0.05, 0) is 24.3 Å². The summed E-state index contributed by atoms with van der Waals surface area (Å²) in [6, 6.07) is 0. The topological polar surface area (TPSA) is 30.5 Å². The molecule has 3 saturated heterocycles. The zero-order chi connectivity index (χ0) is 9.49. The summed E-state index contributed by atoms with van der Waals surface area (Å²) in [4.78, 5) is 0. The maximum atomic E-state index is 6.06. The Labute approximate surface area is 88.9 Å². The van der Waals surface area contributed by atoms with Crippen molar-refractivity contribution in [2.24, 2.45) is 5.41 Å². The predicted molar refractivity (Wildman–Crippen MR) is 56.5 cm³/mol. The normalized spacial score (nSPS) is 34.3. The van der Waals surface area contributed by atoms with E-state index in [0.29, 0.717) is 5.41 Å². The third kappa shape index (κ3) is 1.48. The summed E-state index contributed by atoms with van der Waals surface area (Å²) in [5.74, 6) is 2.47. The van der Waals surface area contributed by atoms with E-state index in [1.54, 1.807) is 0 Å². The fraction of sp³-hybridized carbons (Fsp3) is 1.00. The van der Waals surface area contributed by atoms with Crippen molar-refractivity contribution in [3.05, 3.63) is 0 Å². The highest BCUT2D eigenvalue weighted by atomic mass is 32.2. The van der Waals surface area contributed by atoms with Gasteiger partial charge in [-0.25, -0.2) is 0 Å². The molecule has 0 aromatic carbocycles. The van der Waals surface area contributed by atoms with Crippen LogP contribution in [0.2, 0.25) is 0 Å². The molecule has 2 spiro atoms. The number of rotatable bonds is 0. The molecule has 3 aliphatic heterocycles. The van der Waals surface area contributed by atoms with Crippen LogP contribution in [0.25, 0.3) is 0 Å². The minimum atomic E-state index is 0.0199. The summed E-state index contributed by atoms with van der Waals surface area (Å²) in [5, 5.41) is 3.61. The van der Waals surface area contributed by atoms with Crippen LogP contribution in [0.1, 0.15) is 12.8 Å². The zero-order valence-electron chi connectivity index (χ0n) is 8.38. The van der Waals surface area contributed by atoms with Gasteiger partial charge in [-0.2, -0.15) is 11.8 Å². The first kappa shape index (κ1) is 9.46. The first-order valence-corrected chi connectivity index (χ1v) is 6.53. The summed E-state index contributed by atoms with van der Waals surface area (Å²) >= 11 is 2.04. The second-order valence-electron chi connectivity index (χ2n) is 4.74. The van der Waals surface area contributed by atoms with E-state index >= 15 is 0 Å². The highest BCUT2D eigenvalue weighted by molar-refractivity contribution is 7.99. The van der Waals surface area contributed by atoms with Crippen molar-refractivity contribution in [1.29, 1.82) is 0 Å². The monoisotopic (exact) mass is 215 g/mol. The molecule has 0 aliphatic carbocycles. The molecule has 3 nitrogen and oxygen atoms in total. The Morgan fingerprint density at radius 1 is 1.07 bits per heavy atom. The largest absolute Gasteiger partial charge is 0.380 e. The van der Waals surface area contributed by atoms with Gasteiger partial charge in [0.15, 0.2) is 0 Å². The van der Waals surface area contributed by atoms with E-state index in [1.807, 2.05) is 11.8 Å². The van der Waals surface area contributed by atoms with Crippen LogP contribution in [0.5, 0.6) is 0 Å². The zero-order valence-corrected chi connectivity index (χ0v) is 9.20. The molecule has 80 valence electrons. The summed E-state index contributed by atoms with van der Waals surface area (Å²) in [6.45, 7) is 3.73. The molecule has 3 rings (SSSR count). The number of hydrogen-bond acceptors (Lipinski definition) is 4. The Morgan fingerprint density at radius 2 is 1.86 bits per heavy atom. The molecule has 0 saturated carbocycles. The lowest BCUT2D eigenvalue weighted by atomic mass is 9.84. The van der Waals surface area contributed by atoms with Crippen LogP contribution >= 0.6 is 11.8 Å². The molecule has 3 aliphatic rings. The highest BCUT2D eigenvalue weighted by Crippen LogP contribution is 2.37. The van der Waals surface area contributed by atoms with Crippen LogP contribution in [0.15, 0.2) is 0 Å². The van der Waals surface area contributed by atoms with Crippen molar-refractivity contribution in [1.82, 2.24) is 5.32 Å². The summed E-state index contributed by atoms with van der Waals surface area (Å²) in [5.41, 5.74) is 0.335. The number of hydrogen-bond donors (Lipinski definition) is 1. The molecule has 0 amide bonds. The van der Waals surface area contributed by atoms with Crippen molar-refractivity contribution >= 4 is 11.8 Å². The SMILES string of the molecule is C1CC2(CCS1)NCC1(COC1)CO2. The van der Waals surface area contributed by atoms with Crippen LogP contribution in [-0.2, 0) is 9.47 Å². The number of nitrogens with one attached hydrogen (secondary N) is 1. The van der Waals surface area contributed by atoms with Gasteiger partial charge in [0.2, 0.25) is 0 Å². The lowest BCUT2D eigenvalue weighted by molar-refractivity contribution is -0.223. The standard InChI is InChI=1S/C10H17NO2S/c1-3-14-4-2-10(1)11-5-9(8-13-10)6-12-7-9/h11H,1-8H2. The molecule has 0 unspecified atom stereocenters. The third-order valence-corrected chi connectivity index (χ3v) is 4.54. The van der Waals surface area contributed by atoms with E-state index < -0.39 is 0 Å². The Morgan fingerprint density at radius 3 is 2.36 bits per heavy atom. The minimum absolute atomic E-state index is 0.0199. The first-order valence-electron chi connectivity index (χ1n) is 5.37. The Bertz CT molecular complexity index is 212. The van der Waals surface area contributed by atoms with Crippen molar-refractivity contribution < 1.29 is 9.47 Å². The lowest BCUT2D eigenvalue weighted by Crippen LogP contribution is -2.65. The molecular weight excluding hydrogens is 198 g/mol. The van der Waals surface area contributed by atoms with Crippen LogP contribution < -0.4 is 5.32 Å². The van der Waals surface area contributed by atoms with Crippen molar-refractivity contribution in [2.45, 2.75) is 18.6 Å². The van der Waals surface area contributed by atoms with Crippen molar-refractivity contribution in [3.63, 3.8) is 0 Å². The molecule has 0 aromatic rings. The van der Waals surface area contributed by atoms with Crippen molar-refractivity contribution in [2.75, 3.05) is 37.9 Å². The van der Waals surface area contributed by atoms with E-state index in [1.165, 1.54) is 11.5 Å². The van der Waals surface area contributed by atoms with Gasteiger partial charge < -0.3 is 9.47 Å². The summed E-state index contributed by atoms with van der Waals surface area (Å²) < 4.78 is 11.3. The molecule has 0 bridgehead atoms. The lowest BCUT2D eigenvalue weighted by Gasteiger charge is -2.52. The Kier molecular flexibility index (Phi) is 2.28. The smallest absolute Gasteiger partial charge is 0.120 e. The second-order valence-corrected chi connectivity index (χ2v) is 5.97. The van der Waals surface area contributed by atoms with E-state index in [0.717, 1.165) is 39.2 Å². The fourth-order valence-corrected chi connectivity index (χ4v) is 3.49. The van der Waals surface area contributed by atoms with E-state index in [2.05, 4.69) is 5.32 Å². The molecule has 4 heteroatoms. The van der Waals surface area contributed by atoms with Crippen molar-refractivity contribution in [3.8, 4) is 0 Å². The maximum Gasteiger partial charge on any atom is 0.120 e. The molecular formula is C10H17NO2S. The molecule has 0 aromatic heterocycles. The molecule has 0 atom stereocenters. The van der Waals surface area contributed by atoms with E-state index in [4.69, 9.17) is 9.47 Å². The van der Waals surface area contributed by atoms with Crippen LogP contribution in [0.3, 0.4) is 0 Å². The molecule has 0 radical (unpaired) electrons. The quantitative estimate of drug-likeness (QED) is 0.649. The first-order chi connectivity index (χ1) is 6.83. The van der Waals surface area contributed by atoms with Gasteiger partial charge in [0, 0.05) is 6.54 Å². The predicted octanol–water partition coefficient (Wildman–Crippen LogP) is 0.846. The van der Waals surface area contributed by atoms with Crippen LogP contribution in [0, 0.1) is 5.41 Å². The molecule has 1 N–H and O–H groups in total. The van der Waals surface area contributed by atoms with Crippen LogP contribution in [0.4, 0.5) is 0 Å². The van der Waals surface area contributed by atoms with Gasteiger partial charge in [0.25, 0.3) is 0 Å². The van der Waals surface area contributed by atoms with E-state index in [-0.39, 0.29) is 5.72 Å². The molecule has 3 heterocycles.